The van der Waals surface area contributed by atoms with Crippen LogP contribution < -0.4 is 10.1 Å². The summed E-state index contributed by atoms with van der Waals surface area (Å²) in [5, 5.41) is 11.6. The second kappa shape index (κ2) is 11.1. The third-order valence-electron chi connectivity index (χ3n) is 5.55. The molecule has 32 heavy (non-hydrogen) atoms. The van der Waals surface area contributed by atoms with Gasteiger partial charge in [-0.2, -0.15) is 0 Å². The molecule has 6 nitrogen and oxygen atoms in total. The third-order valence-corrected chi connectivity index (χ3v) is 5.84. The van der Waals surface area contributed by atoms with Crippen LogP contribution in [0.3, 0.4) is 0 Å². The molecule has 170 valence electrons. The minimum absolute atomic E-state index is 0.00764. The molecule has 0 heterocycles. The van der Waals surface area contributed by atoms with Crippen molar-refractivity contribution in [1.29, 1.82) is 0 Å². The highest BCUT2D eigenvalue weighted by atomic mass is 35.5. The second-order valence-electron chi connectivity index (χ2n) is 7.87. The van der Waals surface area contributed by atoms with E-state index in [1.54, 1.807) is 24.3 Å². The molecule has 2 aromatic rings. The Bertz CT molecular complexity index is 971. The molecule has 0 bridgehead atoms. The van der Waals surface area contributed by atoms with Crippen LogP contribution in [0.25, 0.3) is 0 Å². The molecule has 8 heteroatoms. The zero-order valence-corrected chi connectivity index (χ0v) is 18.2. The van der Waals surface area contributed by atoms with Crippen LogP contribution >= 0.6 is 11.6 Å². The first-order valence-electron chi connectivity index (χ1n) is 10.6. The van der Waals surface area contributed by atoms with Crippen LogP contribution in [0.5, 0.6) is 5.75 Å². The van der Waals surface area contributed by atoms with E-state index in [-0.39, 0.29) is 40.7 Å². The Morgan fingerprint density at radius 3 is 2.31 bits per heavy atom. The number of carboxylic acids is 1. The van der Waals surface area contributed by atoms with Crippen molar-refractivity contribution in [2.24, 2.45) is 5.92 Å². The summed E-state index contributed by atoms with van der Waals surface area (Å²) in [6.45, 7) is 0.305. The van der Waals surface area contributed by atoms with Gasteiger partial charge in [-0.05, 0) is 74.6 Å². The number of benzene rings is 2. The Morgan fingerprint density at radius 2 is 1.69 bits per heavy atom. The average molecular weight is 462 g/mol. The monoisotopic (exact) mass is 461 g/mol. The third kappa shape index (κ3) is 6.53. The maximum Gasteiger partial charge on any atom is 0.306 e. The Kier molecular flexibility index (Phi) is 8.22. The molecule has 0 radical (unpaired) electrons. The van der Waals surface area contributed by atoms with Gasteiger partial charge in [-0.3, -0.25) is 14.4 Å². The van der Waals surface area contributed by atoms with Gasteiger partial charge < -0.3 is 15.2 Å². The fourth-order valence-electron chi connectivity index (χ4n) is 3.67. The summed E-state index contributed by atoms with van der Waals surface area (Å²) in [5.41, 5.74) is 0.818. The van der Waals surface area contributed by atoms with Crippen molar-refractivity contribution in [3.63, 3.8) is 0 Å². The van der Waals surface area contributed by atoms with Gasteiger partial charge in [-0.15, -0.1) is 0 Å². The van der Waals surface area contributed by atoms with Gasteiger partial charge in [-0.25, -0.2) is 4.39 Å². The van der Waals surface area contributed by atoms with Gasteiger partial charge in [0.15, 0.2) is 5.78 Å². The maximum absolute atomic E-state index is 13.2. The molecule has 0 aliphatic heterocycles. The van der Waals surface area contributed by atoms with E-state index in [0.717, 1.165) is 6.07 Å². The smallest absolute Gasteiger partial charge is 0.306 e. The van der Waals surface area contributed by atoms with Crippen molar-refractivity contribution in [2.45, 2.75) is 44.6 Å². The van der Waals surface area contributed by atoms with Crippen LogP contribution in [-0.4, -0.2) is 35.4 Å². The van der Waals surface area contributed by atoms with E-state index in [4.69, 9.17) is 21.4 Å². The van der Waals surface area contributed by atoms with Crippen molar-refractivity contribution >= 4 is 29.3 Å². The average Bonchev–Trinajstić information content (AvgIpc) is 2.79. The lowest BCUT2D eigenvalue weighted by atomic mass is 9.87. The summed E-state index contributed by atoms with van der Waals surface area (Å²) in [6, 6.07) is 10.7. The number of carbonyl (C=O) groups excluding carboxylic acids is 2. The normalized spacial score (nSPS) is 18.1. The van der Waals surface area contributed by atoms with Crippen molar-refractivity contribution in [3.05, 3.63) is 64.4 Å². The predicted octanol–water partition coefficient (Wildman–Crippen LogP) is 4.89. The number of ether oxygens (including phenoxy) is 1. The van der Waals surface area contributed by atoms with Gasteiger partial charge in [-0.1, -0.05) is 11.6 Å². The fourth-order valence-corrected chi connectivity index (χ4v) is 3.85. The Morgan fingerprint density at radius 1 is 1.03 bits per heavy atom. The number of halogens is 2. The molecule has 0 saturated heterocycles. The summed E-state index contributed by atoms with van der Waals surface area (Å²) in [6.07, 6.45) is 3.35. The van der Waals surface area contributed by atoms with E-state index >= 15 is 0 Å². The number of amides is 1. The summed E-state index contributed by atoms with van der Waals surface area (Å²) >= 11 is 5.68. The largest absolute Gasteiger partial charge is 0.490 e. The quantitative estimate of drug-likeness (QED) is 0.409. The van der Waals surface area contributed by atoms with Crippen LogP contribution in [0.1, 0.15) is 59.2 Å². The first-order chi connectivity index (χ1) is 15.3. The number of hydrogen-bond acceptors (Lipinski definition) is 4. The van der Waals surface area contributed by atoms with Gasteiger partial charge in [0.2, 0.25) is 0 Å². The number of aliphatic carboxylic acids is 1. The van der Waals surface area contributed by atoms with E-state index in [9.17, 15) is 18.8 Å². The first-order valence-corrected chi connectivity index (χ1v) is 11.0. The molecule has 1 aliphatic rings. The summed E-state index contributed by atoms with van der Waals surface area (Å²) in [4.78, 5) is 35.5. The lowest BCUT2D eigenvalue weighted by Crippen LogP contribution is -2.27. The standard InChI is InChI=1S/C24H25ClFNO5/c25-20-14-17(7-12-21(20)26)23(29)27-13-1-2-22(28)15-3-8-18(9-4-15)32-19-10-5-16(6-11-19)24(30)31/h3-4,7-9,12,14,16,19H,1-2,5-6,10-11,13H2,(H,27,29)(H,30,31). The zero-order valence-electron chi connectivity index (χ0n) is 17.5. The first kappa shape index (κ1) is 23.7. The van der Waals surface area contributed by atoms with Gasteiger partial charge in [0, 0.05) is 24.1 Å². The van der Waals surface area contributed by atoms with Crippen LogP contribution in [-0.2, 0) is 4.79 Å². The van der Waals surface area contributed by atoms with E-state index in [0.29, 0.717) is 50.0 Å². The molecule has 2 aromatic carbocycles. The highest BCUT2D eigenvalue weighted by Gasteiger charge is 2.26. The zero-order chi connectivity index (χ0) is 23.1. The number of carboxylic acid groups (broad SMARTS) is 1. The predicted molar refractivity (Wildman–Crippen MR) is 118 cm³/mol. The molecule has 1 saturated carbocycles. The summed E-state index contributed by atoms with van der Waals surface area (Å²) < 4.78 is 19.1. The minimum atomic E-state index is -0.745. The molecule has 1 aliphatic carbocycles. The molecule has 2 N–H and O–H groups in total. The van der Waals surface area contributed by atoms with Gasteiger partial charge in [0.25, 0.3) is 5.91 Å². The van der Waals surface area contributed by atoms with E-state index in [1.807, 2.05) is 0 Å². The lowest BCUT2D eigenvalue weighted by molar-refractivity contribution is -0.143. The lowest BCUT2D eigenvalue weighted by Gasteiger charge is -2.26. The SMILES string of the molecule is O=C(CCCNC(=O)c1ccc(F)c(Cl)c1)c1ccc(OC2CCC(C(=O)O)CC2)cc1. The Labute approximate surface area is 190 Å². The van der Waals surface area contributed by atoms with Gasteiger partial charge >= 0.3 is 5.97 Å². The minimum Gasteiger partial charge on any atom is -0.490 e. The summed E-state index contributed by atoms with van der Waals surface area (Å²) in [7, 11) is 0. The van der Waals surface area contributed by atoms with Crippen molar-refractivity contribution in [2.75, 3.05) is 6.54 Å². The molecule has 1 fully saturated rings. The van der Waals surface area contributed by atoms with E-state index in [1.165, 1.54) is 12.1 Å². The van der Waals surface area contributed by atoms with Crippen LogP contribution in [0.15, 0.2) is 42.5 Å². The topological polar surface area (TPSA) is 92.7 Å². The van der Waals surface area contributed by atoms with Crippen LogP contribution in [0, 0.1) is 11.7 Å². The number of ketones is 1. The number of hydrogen-bond donors (Lipinski definition) is 2. The number of Topliss-reactive ketones (excluding diaryl/α,β-unsaturated/α-hetero) is 1. The molecule has 0 unspecified atom stereocenters. The molecule has 0 spiro atoms. The number of rotatable bonds is 9. The van der Waals surface area contributed by atoms with Crippen molar-refractivity contribution in [1.82, 2.24) is 5.32 Å². The van der Waals surface area contributed by atoms with Crippen LogP contribution in [0.4, 0.5) is 4.39 Å². The molecular weight excluding hydrogens is 437 g/mol. The maximum atomic E-state index is 13.2. The Hall–Kier alpha value is -2.93. The molecule has 0 atom stereocenters. The highest BCUT2D eigenvalue weighted by molar-refractivity contribution is 6.31. The Balaban J connectivity index is 1.39. The fraction of sp³-hybridized carbons (Fsp3) is 0.375. The van der Waals surface area contributed by atoms with Gasteiger partial charge in [0.1, 0.15) is 11.6 Å². The molecule has 1 amide bonds. The number of carbonyl (C=O) groups is 3. The van der Waals surface area contributed by atoms with Gasteiger partial charge in [0.05, 0.1) is 17.0 Å². The summed E-state index contributed by atoms with van der Waals surface area (Å²) in [5.74, 6) is -1.38. The molecular formula is C24H25ClFNO5. The molecule has 3 rings (SSSR count). The number of nitrogens with one attached hydrogen (secondary N) is 1. The van der Waals surface area contributed by atoms with Crippen LogP contribution in [0.2, 0.25) is 5.02 Å². The van der Waals surface area contributed by atoms with Crippen molar-refractivity contribution < 1.29 is 28.6 Å². The van der Waals surface area contributed by atoms with E-state index < -0.39 is 11.8 Å². The molecule has 0 aromatic heterocycles. The second-order valence-corrected chi connectivity index (χ2v) is 8.27. The van der Waals surface area contributed by atoms with E-state index in [2.05, 4.69) is 5.32 Å². The highest BCUT2D eigenvalue weighted by Crippen LogP contribution is 2.28. The van der Waals surface area contributed by atoms with Crippen molar-refractivity contribution in [3.8, 4) is 5.75 Å².